The number of thioether (sulfide) groups is 1. The highest BCUT2D eigenvalue weighted by molar-refractivity contribution is 7.99. The Morgan fingerprint density at radius 1 is 1.25 bits per heavy atom. The van der Waals surface area contributed by atoms with Gasteiger partial charge in [0.2, 0.25) is 0 Å². The van der Waals surface area contributed by atoms with E-state index in [1.807, 2.05) is 7.05 Å². The third-order valence-electron chi connectivity index (χ3n) is 5.99. The minimum absolute atomic E-state index is 0.364. The lowest BCUT2D eigenvalue weighted by atomic mass is 9.94. The van der Waals surface area contributed by atoms with E-state index in [9.17, 15) is 0 Å². The van der Waals surface area contributed by atoms with Gasteiger partial charge in [-0.1, -0.05) is 12.8 Å². The molecule has 3 fully saturated rings. The fraction of sp³-hybridized carbons (Fsp3) is 0.944. The number of nitrogens with zero attached hydrogens (tertiary/aromatic N) is 3. The van der Waals surface area contributed by atoms with Gasteiger partial charge in [-0.05, 0) is 19.3 Å². The lowest BCUT2D eigenvalue weighted by Gasteiger charge is -2.44. The van der Waals surface area contributed by atoms with Crippen molar-refractivity contribution in [3.05, 3.63) is 0 Å². The van der Waals surface area contributed by atoms with Crippen molar-refractivity contribution in [3.8, 4) is 0 Å². The molecule has 0 spiro atoms. The van der Waals surface area contributed by atoms with Crippen molar-refractivity contribution in [2.75, 3.05) is 65.0 Å². The van der Waals surface area contributed by atoms with Gasteiger partial charge in [-0.25, -0.2) is 0 Å². The first-order valence-corrected chi connectivity index (χ1v) is 10.7. The van der Waals surface area contributed by atoms with E-state index in [1.165, 1.54) is 56.7 Å². The van der Waals surface area contributed by atoms with E-state index in [0.717, 1.165) is 32.2 Å². The number of nitrogens with one attached hydrogen (secondary N) is 1. The summed E-state index contributed by atoms with van der Waals surface area (Å²) >= 11 is 2.10. The van der Waals surface area contributed by atoms with Gasteiger partial charge in [-0.3, -0.25) is 9.89 Å². The fourth-order valence-corrected chi connectivity index (χ4v) is 5.55. The second kappa shape index (κ2) is 8.77. The highest BCUT2D eigenvalue weighted by atomic mass is 32.2. The molecular weight excluding hydrogens is 320 g/mol. The Morgan fingerprint density at radius 3 is 2.67 bits per heavy atom. The van der Waals surface area contributed by atoms with E-state index in [1.54, 1.807) is 7.11 Å². The van der Waals surface area contributed by atoms with Crippen LogP contribution < -0.4 is 5.32 Å². The van der Waals surface area contributed by atoms with Gasteiger partial charge < -0.3 is 15.0 Å². The molecule has 0 radical (unpaired) electrons. The lowest BCUT2D eigenvalue weighted by molar-refractivity contribution is 0.106. The van der Waals surface area contributed by atoms with Crippen LogP contribution >= 0.6 is 11.8 Å². The molecule has 3 rings (SSSR count). The zero-order valence-corrected chi connectivity index (χ0v) is 16.2. The largest absolute Gasteiger partial charge is 0.384 e. The molecule has 1 aliphatic carbocycles. The first kappa shape index (κ1) is 18.3. The van der Waals surface area contributed by atoms with Crippen LogP contribution in [0.1, 0.15) is 32.1 Å². The van der Waals surface area contributed by atoms with Crippen molar-refractivity contribution in [3.63, 3.8) is 0 Å². The summed E-state index contributed by atoms with van der Waals surface area (Å²) in [5, 5.41) is 3.74. The van der Waals surface area contributed by atoms with E-state index in [4.69, 9.17) is 4.74 Å². The molecule has 0 aromatic carbocycles. The number of aliphatic imine (C=N–C) groups is 1. The molecule has 3 aliphatic rings. The van der Waals surface area contributed by atoms with Crippen LogP contribution in [0.3, 0.4) is 0 Å². The highest BCUT2D eigenvalue weighted by Crippen LogP contribution is 2.36. The van der Waals surface area contributed by atoms with Crippen LogP contribution in [0.25, 0.3) is 0 Å². The summed E-state index contributed by atoms with van der Waals surface area (Å²) in [5.74, 6) is 4.32. The van der Waals surface area contributed by atoms with Crippen LogP contribution in [0.5, 0.6) is 0 Å². The molecule has 2 saturated heterocycles. The molecular formula is C18H34N4OS. The van der Waals surface area contributed by atoms with Crippen LogP contribution in [0.4, 0.5) is 0 Å². The third kappa shape index (κ3) is 4.20. The summed E-state index contributed by atoms with van der Waals surface area (Å²) in [5.41, 5.74) is 0.364. The summed E-state index contributed by atoms with van der Waals surface area (Å²) in [6.07, 6.45) is 6.65. The molecule has 1 N–H and O–H groups in total. The molecule has 2 aliphatic heterocycles. The second-order valence-electron chi connectivity index (χ2n) is 7.49. The average molecular weight is 355 g/mol. The van der Waals surface area contributed by atoms with Gasteiger partial charge in [0, 0.05) is 69.8 Å². The summed E-state index contributed by atoms with van der Waals surface area (Å²) in [7, 11) is 3.72. The van der Waals surface area contributed by atoms with Crippen molar-refractivity contribution in [2.45, 2.75) is 37.6 Å². The Labute approximate surface area is 151 Å². The molecule has 24 heavy (non-hydrogen) atoms. The Kier molecular flexibility index (Phi) is 6.70. The highest BCUT2D eigenvalue weighted by Gasteiger charge is 2.40. The maximum Gasteiger partial charge on any atom is 0.193 e. The monoisotopic (exact) mass is 354 g/mol. The second-order valence-corrected chi connectivity index (χ2v) is 8.71. The van der Waals surface area contributed by atoms with Crippen molar-refractivity contribution < 1.29 is 4.74 Å². The van der Waals surface area contributed by atoms with Crippen molar-refractivity contribution in [1.82, 2.24) is 15.1 Å². The summed E-state index contributed by atoms with van der Waals surface area (Å²) in [6, 6.07) is 0. The topological polar surface area (TPSA) is 40.1 Å². The smallest absolute Gasteiger partial charge is 0.193 e. The Hall–Kier alpha value is -0.460. The molecule has 138 valence electrons. The van der Waals surface area contributed by atoms with Crippen molar-refractivity contribution in [1.29, 1.82) is 0 Å². The van der Waals surface area contributed by atoms with Crippen molar-refractivity contribution >= 4 is 17.7 Å². The molecule has 0 amide bonds. The van der Waals surface area contributed by atoms with E-state index < -0.39 is 0 Å². The number of rotatable bonds is 5. The maximum absolute atomic E-state index is 5.33. The molecule has 0 aromatic rings. The van der Waals surface area contributed by atoms with E-state index in [2.05, 4.69) is 31.9 Å². The van der Waals surface area contributed by atoms with Crippen LogP contribution in [0.2, 0.25) is 0 Å². The number of ether oxygens (including phenoxy) is 1. The Morgan fingerprint density at radius 2 is 2.00 bits per heavy atom. The summed E-state index contributed by atoms with van der Waals surface area (Å²) < 4.78 is 5.33. The van der Waals surface area contributed by atoms with Gasteiger partial charge in [0.25, 0.3) is 0 Å². The van der Waals surface area contributed by atoms with Crippen LogP contribution in [0.15, 0.2) is 4.99 Å². The van der Waals surface area contributed by atoms with E-state index in [-0.39, 0.29) is 0 Å². The normalized spacial score (nSPS) is 28.5. The predicted octanol–water partition coefficient (Wildman–Crippen LogP) is 1.89. The van der Waals surface area contributed by atoms with Gasteiger partial charge >= 0.3 is 0 Å². The minimum Gasteiger partial charge on any atom is -0.384 e. The molecule has 6 heteroatoms. The summed E-state index contributed by atoms with van der Waals surface area (Å²) in [6.45, 7) is 6.59. The van der Waals surface area contributed by atoms with Gasteiger partial charge in [0.1, 0.15) is 0 Å². The first-order chi connectivity index (χ1) is 11.8. The molecule has 1 unspecified atom stereocenters. The van der Waals surface area contributed by atoms with Gasteiger partial charge in [0.05, 0.1) is 6.61 Å². The zero-order chi connectivity index (χ0) is 16.8. The maximum atomic E-state index is 5.33. The quantitative estimate of drug-likeness (QED) is 0.603. The van der Waals surface area contributed by atoms with Crippen LogP contribution in [0, 0.1) is 5.92 Å². The lowest BCUT2D eigenvalue weighted by Crippen LogP contribution is -2.57. The summed E-state index contributed by atoms with van der Waals surface area (Å²) in [4.78, 5) is 9.76. The SMILES string of the molecule is CN=C(NCC1(N2CCSCC2)CCCC1)N1CCC(COC)C1. The third-order valence-corrected chi connectivity index (χ3v) is 6.93. The van der Waals surface area contributed by atoms with Gasteiger partial charge in [-0.15, -0.1) is 0 Å². The molecule has 0 aromatic heterocycles. The predicted molar refractivity (Wildman–Crippen MR) is 103 cm³/mol. The number of likely N-dealkylation sites (tertiary alicyclic amines) is 1. The van der Waals surface area contributed by atoms with Gasteiger partial charge in [0.15, 0.2) is 5.96 Å². The van der Waals surface area contributed by atoms with E-state index >= 15 is 0 Å². The molecule has 1 atom stereocenters. The Bertz CT molecular complexity index is 419. The number of methoxy groups -OCH3 is 1. The molecule has 5 nitrogen and oxygen atoms in total. The van der Waals surface area contributed by atoms with Crippen LogP contribution in [-0.2, 0) is 4.74 Å². The fourth-order valence-electron chi connectivity index (χ4n) is 4.65. The van der Waals surface area contributed by atoms with E-state index in [0.29, 0.717) is 11.5 Å². The number of hydrogen-bond acceptors (Lipinski definition) is 4. The minimum atomic E-state index is 0.364. The average Bonchev–Trinajstić information content (AvgIpc) is 3.27. The zero-order valence-electron chi connectivity index (χ0n) is 15.4. The first-order valence-electron chi connectivity index (χ1n) is 9.55. The molecule has 2 heterocycles. The van der Waals surface area contributed by atoms with Crippen molar-refractivity contribution in [2.24, 2.45) is 10.9 Å². The van der Waals surface area contributed by atoms with Crippen LogP contribution in [-0.4, -0.2) is 86.3 Å². The van der Waals surface area contributed by atoms with Gasteiger partial charge in [-0.2, -0.15) is 11.8 Å². The number of hydrogen-bond donors (Lipinski definition) is 1. The molecule has 0 bridgehead atoms. The molecule has 1 saturated carbocycles. The number of guanidine groups is 1. The standard InChI is InChI=1S/C18H34N4OS/c1-19-17(21-8-5-16(13-21)14-23-2)20-15-18(6-3-4-7-18)22-9-11-24-12-10-22/h16H,3-15H2,1-2H3,(H,19,20). The Balaban J connectivity index is 1.57.